The van der Waals surface area contributed by atoms with Crippen LogP contribution in [0.3, 0.4) is 0 Å². The van der Waals surface area contributed by atoms with Crippen molar-refractivity contribution >= 4 is 33.5 Å². The highest BCUT2D eigenvalue weighted by molar-refractivity contribution is 7.89. The zero-order valence-corrected chi connectivity index (χ0v) is 23.3. The van der Waals surface area contributed by atoms with Crippen LogP contribution >= 0.6 is 11.6 Å². The number of carbonyl (C=O) groups excluding carboxylic acids is 1. The molecule has 0 radical (unpaired) electrons. The number of aromatic nitrogens is 2. The summed E-state index contributed by atoms with van der Waals surface area (Å²) in [7, 11) is -2.56. The third-order valence-electron chi connectivity index (χ3n) is 6.13. The fraction of sp³-hybridized carbons (Fsp3) is 0.103. The molecule has 5 rings (SSSR count). The van der Waals surface area contributed by atoms with Gasteiger partial charge in [0, 0.05) is 22.5 Å². The number of nitrogens with one attached hydrogen (secondary N) is 1. The second kappa shape index (κ2) is 12.0. The second-order valence-electron chi connectivity index (χ2n) is 8.88. The molecule has 0 aliphatic rings. The van der Waals surface area contributed by atoms with Crippen LogP contribution in [0.5, 0.6) is 5.75 Å². The Morgan fingerprint density at radius 3 is 2.39 bits per heavy atom. The number of benzene rings is 3. The molecule has 0 atom stereocenters. The summed E-state index contributed by atoms with van der Waals surface area (Å²) in [4.78, 5) is 17.9. The van der Waals surface area contributed by atoms with Crippen molar-refractivity contribution in [2.75, 3.05) is 19.0 Å². The largest absolute Gasteiger partial charge is 0.497 e. The summed E-state index contributed by atoms with van der Waals surface area (Å²) >= 11 is 5.94. The lowest BCUT2D eigenvalue weighted by molar-refractivity contribution is -0.116. The highest BCUT2D eigenvalue weighted by Crippen LogP contribution is 2.27. The molecule has 3 aromatic carbocycles. The molecule has 1 N–H and O–H groups in total. The van der Waals surface area contributed by atoms with E-state index in [1.54, 1.807) is 54.3 Å². The summed E-state index contributed by atoms with van der Waals surface area (Å²) in [6.45, 7) is -0.727. The molecule has 0 fully saturated rings. The van der Waals surface area contributed by atoms with E-state index in [-0.39, 0.29) is 17.4 Å². The van der Waals surface area contributed by atoms with Crippen LogP contribution in [0.25, 0.3) is 16.9 Å². The second-order valence-corrected chi connectivity index (χ2v) is 11.3. The van der Waals surface area contributed by atoms with Gasteiger partial charge in [0.05, 0.1) is 37.1 Å². The van der Waals surface area contributed by atoms with Gasteiger partial charge in [0.1, 0.15) is 17.3 Å². The maximum Gasteiger partial charge on any atom is 0.243 e. The molecule has 12 heteroatoms. The average molecular weight is 595 g/mol. The molecule has 2 aromatic heterocycles. The standard InChI is InChI=1S/C29H24ClFN4O5S/c1-39-24-12-4-20(5-13-24)27-18-35(23-10-8-22(31)9-11-23)29(32-27)33-28(36)19-34(17-25-3-2-16-40-25)41(37,38)26-14-6-21(30)7-15-26/h2-16,18H,17,19H2,1H3,(H,32,33,36). The number of methoxy groups -OCH3 is 1. The molecular formula is C29H24ClFN4O5S. The Morgan fingerprint density at radius 1 is 1.05 bits per heavy atom. The van der Waals surface area contributed by atoms with Crippen LogP contribution in [0.4, 0.5) is 10.3 Å². The normalized spacial score (nSPS) is 11.5. The monoisotopic (exact) mass is 594 g/mol. The Morgan fingerprint density at radius 2 is 1.76 bits per heavy atom. The molecule has 1 amide bonds. The van der Waals surface area contributed by atoms with Crippen LogP contribution in [0, 0.1) is 5.82 Å². The molecule has 0 saturated heterocycles. The first-order chi connectivity index (χ1) is 19.7. The maximum absolute atomic E-state index is 13.6. The first kappa shape index (κ1) is 28.1. The number of carbonyl (C=O) groups is 1. The van der Waals surface area contributed by atoms with Gasteiger partial charge in [0.15, 0.2) is 0 Å². The van der Waals surface area contributed by atoms with E-state index < -0.39 is 28.3 Å². The van der Waals surface area contributed by atoms with Gasteiger partial charge < -0.3 is 9.15 Å². The van der Waals surface area contributed by atoms with Crippen molar-refractivity contribution in [1.82, 2.24) is 13.9 Å². The van der Waals surface area contributed by atoms with Crippen LogP contribution in [-0.4, -0.2) is 41.8 Å². The molecule has 0 aliphatic heterocycles. The number of amides is 1. The van der Waals surface area contributed by atoms with Gasteiger partial charge in [-0.1, -0.05) is 11.6 Å². The van der Waals surface area contributed by atoms with Crippen molar-refractivity contribution in [2.45, 2.75) is 11.4 Å². The van der Waals surface area contributed by atoms with Gasteiger partial charge >= 0.3 is 0 Å². The van der Waals surface area contributed by atoms with E-state index in [1.807, 2.05) is 12.1 Å². The van der Waals surface area contributed by atoms with Crippen molar-refractivity contribution in [3.8, 4) is 22.7 Å². The maximum atomic E-state index is 13.6. The van der Waals surface area contributed by atoms with Gasteiger partial charge in [-0.15, -0.1) is 0 Å². The molecule has 0 spiro atoms. The van der Waals surface area contributed by atoms with Crippen molar-refractivity contribution in [2.24, 2.45) is 0 Å². The van der Waals surface area contributed by atoms with Gasteiger partial charge in [-0.2, -0.15) is 4.31 Å². The van der Waals surface area contributed by atoms with Gasteiger partial charge in [0.2, 0.25) is 21.9 Å². The summed E-state index contributed by atoms with van der Waals surface area (Å²) < 4.78 is 53.8. The summed E-state index contributed by atoms with van der Waals surface area (Å²) in [6.07, 6.45) is 3.11. The van der Waals surface area contributed by atoms with E-state index in [0.717, 1.165) is 9.87 Å². The van der Waals surface area contributed by atoms with Crippen LogP contribution in [0.15, 0.2) is 107 Å². The number of nitrogens with zero attached hydrogens (tertiary/aromatic N) is 3. The molecule has 2 heterocycles. The Hall–Kier alpha value is -4.45. The number of furan rings is 1. The Labute approximate surface area is 240 Å². The SMILES string of the molecule is COc1ccc(-c2cn(-c3ccc(F)cc3)c(NC(=O)CN(Cc3ccco3)S(=O)(=O)c3ccc(Cl)cc3)n2)cc1. The zero-order valence-electron chi connectivity index (χ0n) is 21.7. The summed E-state index contributed by atoms with van der Waals surface area (Å²) in [5.74, 6) is 0.0677. The predicted octanol–water partition coefficient (Wildman–Crippen LogP) is 5.76. The third kappa shape index (κ3) is 6.49. The lowest BCUT2D eigenvalue weighted by Gasteiger charge is -2.21. The summed E-state index contributed by atoms with van der Waals surface area (Å²) in [5, 5.41) is 3.09. The van der Waals surface area contributed by atoms with E-state index in [1.165, 1.54) is 42.7 Å². The third-order valence-corrected chi connectivity index (χ3v) is 8.19. The quantitative estimate of drug-likeness (QED) is 0.220. The Kier molecular flexibility index (Phi) is 8.20. The number of anilines is 1. The topological polar surface area (TPSA) is 107 Å². The first-order valence-electron chi connectivity index (χ1n) is 12.3. The van der Waals surface area contributed by atoms with Crippen LogP contribution in [0.1, 0.15) is 5.76 Å². The summed E-state index contributed by atoms with van der Waals surface area (Å²) in [6, 6.07) is 21.7. The van der Waals surface area contributed by atoms with E-state index in [0.29, 0.717) is 27.9 Å². The number of hydrogen-bond acceptors (Lipinski definition) is 6. The number of hydrogen-bond donors (Lipinski definition) is 1. The summed E-state index contributed by atoms with van der Waals surface area (Å²) in [5.41, 5.74) is 1.80. The molecule has 0 unspecified atom stereocenters. The van der Waals surface area contributed by atoms with E-state index in [9.17, 15) is 17.6 Å². The minimum atomic E-state index is -4.12. The fourth-order valence-electron chi connectivity index (χ4n) is 4.05. The van der Waals surface area contributed by atoms with Crippen LogP contribution in [-0.2, 0) is 21.4 Å². The van der Waals surface area contributed by atoms with Gasteiger partial charge in [0.25, 0.3) is 0 Å². The van der Waals surface area contributed by atoms with Crippen LogP contribution in [0.2, 0.25) is 5.02 Å². The van der Waals surface area contributed by atoms with E-state index in [2.05, 4.69) is 10.3 Å². The molecule has 0 aliphatic carbocycles. The van der Waals surface area contributed by atoms with Crippen molar-refractivity contribution in [3.05, 3.63) is 114 Å². The van der Waals surface area contributed by atoms with Crippen LogP contribution < -0.4 is 10.1 Å². The molecule has 210 valence electrons. The molecule has 9 nitrogen and oxygen atoms in total. The van der Waals surface area contributed by atoms with E-state index in [4.69, 9.17) is 20.8 Å². The number of ether oxygens (including phenoxy) is 1. The van der Waals surface area contributed by atoms with Crippen molar-refractivity contribution < 1.29 is 26.8 Å². The van der Waals surface area contributed by atoms with E-state index >= 15 is 0 Å². The molecular weight excluding hydrogens is 571 g/mol. The minimum Gasteiger partial charge on any atom is -0.497 e. The number of sulfonamides is 1. The molecule has 5 aromatic rings. The smallest absolute Gasteiger partial charge is 0.243 e. The van der Waals surface area contributed by atoms with Crippen molar-refractivity contribution in [1.29, 1.82) is 0 Å². The predicted molar refractivity (Wildman–Crippen MR) is 152 cm³/mol. The molecule has 0 saturated carbocycles. The zero-order chi connectivity index (χ0) is 29.0. The fourth-order valence-corrected chi connectivity index (χ4v) is 5.54. The lowest BCUT2D eigenvalue weighted by Crippen LogP contribution is -2.37. The molecule has 41 heavy (non-hydrogen) atoms. The number of imidazole rings is 1. The molecule has 0 bridgehead atoms. The Balaban J connectivity index is 1.46. The van der Waals surface area contributed by atoms with Crippen molar-refractivity contribution in [3.63, 3.8) is 0 Å². The van der Waals surface area contributed by atoms with Gasteiger partial charge in [-0.3, -0.25) is 14.7 Å². The average Bonchev–Trinajstić information content (AvgIpc) is 3.64. The first-order valence-corrected chi connectivity index (χ1v) is 14.1. The number of rotatable bonds is 10. The highest BCUT2D eigenvalue weighted by Gasteiger charge is 2.28. The minimum absolute atomic E-state index is 0.0316. The van der Waals surface area contributed by atoms with Gasteiger partial charge in [-0.05, 0) is 84.9 Å². The lowest BCUT2D eigenvalue weighted by atomic mass is 10.1. The van der Waals surface area contributed by atoms with Gasteiger partial charge in [-0.25, -0.2) is 17.8 Å². The highest BCUT2D eigenvalue weighted by atomic mass is 35.5. The Bertz CT molecular complexity index is 1740. The number of halogens is 2.